The highest BCUT2D eigenvalue weighted by molar-refractivity contribution is 6.30. The Morgan fingerprint density at radius 1 is 1.05 bits per heavy atom. The van der Waals surface area contributed by atoms with Crippen molar-refractivity contribution in [2.75, 3.05) is 14.1 Å². The molecule has 1 aliphatic rings. The Morgan fingerprint density at radius 3 is 2.52 bits per heavy atom. The number of halogens is 2. The maximum absolute atomic E-state index is 6.18. The minimum Gasteiger partial charge on any atom is -0.306 e. The lowest BCUT2D eigenvalue weighted by Crippen LogP contribution is -2.35. The standard InChI is InChI=1S/C18H20ClN.ClH/c1-20(2)16-11-14-6-3-4-9-17(14)18(12-16)13-7-5-8-15(19)10-13;/h3-10,16,18H,11-12H2,1-2H3;1H/t16-,18-;/m0./s1. The largest absolute Gasteiger partial charge is 0.306 e. The Balaban J connectivity index is 0.00000161. The lowest BCUT2D eigenvalue weighted by Gasteiger charge is -2.35. The third-order valence-corrected chi connectivity index (χ3v) is 4.61. The van der Waals surface area contributed by atoms with Gasteiger partial charge in [0.25, 0.3) is 0 Å². The van der Waals surface area contributed by atoms with Crippen LogP contribution in [0, 0.1) is 0 Å². The van der Waals surface area contributed by atoms with Crippen molar-refractivity contribution >= 4 is 24.0 Å². The molecule has 3 heteroatoms. The number of nitrogens with zero attached hydrogens (tertiary/aromatic N) is 1. The van der Waals surface area contributed by atoms with Crippen molar-refractivity contribution in [3.63, 3.8) is 0 Å². The molecule has 2 aromatic carbocycles. The molecule has 0 N–H and O–H groups in total. The smallest absolute Gasteiger partial charge is 0.0408 e. The molecular weight excluding hydrogens is 301 g/mol. The molecule has 0 saturated carbocycles. The van der Waals surface area contributed by atoms with Crippen LogP contribution < -0.4 is 0 Å². The lowest BCUT2D eigenvalue weighted by molar-refractivity contribution is 0.258. The van der Waals surface area contributed by atoms with Gasteiger partial charge in [0, 0.05) is 17.0 Å². The third kappa shape index (κ3) is 3.42. The molecule has 0 bridgehead atoms. The van der Waals surface area contributed by atoms with Gasteiger partial charge in [0.1, 0.15) is 0 Å². The van der Waals surface area contributed by atoms with Gasteiger partial charge in [-0.1, -0.05) is 48.0 Å². The second kappa shape index (κ2) is 6.83. The van der Waals surface area contributed by atoms with Crippen molar-refractivity contribution in [3.8, 4) is 0 Å². The van der Waals surface area contributed by atoms with Crippen LogP contribution in [0.15, 0.2) is 48.5 Å². The first-order valence-corrected chi connectivity index (χ1v) is 7.52. The minimum atomic E-state index is 0. The molecule has 0 unspecified atom stereocenters. The van der Waals surface area contributed by atoms with Gasteiger partial charge in [0.2, 0.25) is 0 Å². The van der Waals surface area contributed by atoms with Crippen LogP contribution in [-0.4, -0.2) is 25.0 Å². The summed E-state index contributed by atoms with van der Waals surface area (Å²) in [6.45, 7) is 0. The summed E-state index contributed by atoms with van der Waals surface area (Å²) in [5, 5.41) is 0.826. The van der Waals surface area contributed by atoms with Gasteiger partial charge < -0.3 is 4.90 Å². The SMILES string of the molecule is CN(C)[C@H]1Cc2ccccc2[C@H](c2cccc(Cl)c2)C1.Cl. The molecular formula is C18H21Cl2N. The zero-order valence-electron chi connectivity index (χ0n) is 12.4. The fourth-order valence-electron chi connectivity index (χ4n) is 3.23. The van der Waals surface area contributed by atoms with E-state index in [1.807, 2.05) is 6.07 Å². The Hall–Kier alpha value is -1.02. The van der Waals surface area contributed by atoms with E-state index in [9.17, 15) is 0 Å². The van der Waals surface area contributed by atoms with E-state index in [0.29, 0.717) is 12.0 Å². The molecule has 2 atom stereocenters. The summed E-state index contributed by atoms with van der Waals surface area (Å²) in [5.41, 5.74) is 4.27. The zero-order chi connectivity index (χ0) is 14.1. The predicted molar refractivity (Wildman–Crippen MR) is 92.8 cm³/mol. The first-order chi connectivity index (χ1) is 9.65. The molecule has 0 amide bonds. The van der Waals surface area contributed by atoms with Crippen molar-refractivity contribution in [2.45, 2.75) is 24.8 Å². The van der Waals surface area contributed by atoms with Crippen molar-refractivity contribution in [3.05, 3.63) is 70.2 Å². The highest BCUT2D eigenvalue weighted by Gasteiger charge is 2.28. The maximum Gasteiger partial charge on any atom is 0.0408 e. The summed E-state index contributed by atoms with van der Waals surface area (Å²) in [6, 6.07) is 17.7. The fraction of sp³-hybridized carbons (Fsp3) is 0.333. The predicted octanol–water partition coefficient (Wildman–Crippen LogP) is 4.77. The van der Waals surface area contributed by atoms with Gasteiger partial charge in [-0.25, -0.2) is 0 Å². The number of hydrogen-bond donors (Lipinski definition) is 0. The molecule has 21 heavy (non-hydrogen) atoms. The van der Waals surface area contributed by atoms with Crippen LogP contribution in [-0.2, 0) is 6.42 Å². The molecule has 0 fully saturated rings. The first kappa shape index (κ1) is 16.4. The molecule has 0 spiro atoms. The second-order valence-corrected chi connectivity index (χ2v) is 6.30. The monoisotopic (exact) mass is 321 g/mol. The number of likely N-dealkylation sites (N-methyl/N-ethyl adjacent to an activating group) is 1. The fourth-order valence-corrected chi connectivity index (χ4v) is 3.43. The Bertz CT molecular complexity index is 610. The summed E-state index contributed by atoms with van der Waals surface area (Å²) in [6.07, 6.45) is 2.30. The summed E-state index contributed by atoms with van der Waals surface area (Å²) in [5.74, 6) is 0.450. The van der Waals surface area contributed by atoms with Crippen LogP contribution in [0.1, 0.15) is 29.0 Å². The van der Waals surface area contributed by atoms with E-state index in [0.717, 1.165) is 17.9 Å². The van der Waals surface area contributed by atoms with Crippen LogP contribution in [0.5, 0.6) is 0 Å². The Labute approximate surface area is 138 Å². The highest BCUT2D eigenvalue weighted by Crippen LogP contribution is 2.38. The average Bonchev–Trinajstić information content (AvgIpc) is 2.46. The minimum absolute atomic E-state index is 0. The van der Waals surface area contributed by atoms with E-state index in [-0.39, 0.29) is 12.4 Å². The number of benzene rings is 2. The van der Waals surface area contributed by atoms with Crippen LogP contribution in [0.4, 0.5) is 0 Å². The van der Waals surface area contributed by atoms with Gasteiger partial charge in [-0.15, -0.1) is 12.4 Å². The highest BCUT2D eigenvalue weighted by atomic mass is 35.5. The summed E-state index contributed by atoms with van der Waals surface area (Å²) in [7, 11) is 4.35. The van der Waals surface area contributed by atoms with Gasteiger partial charge in [-0.2, -0.15) is 0 Å². The third-order valence-electron chi connectivity index (χ3n) is 4.38. The van der Waals surface area contributed by atoms with E-state index < -0.39 is 0 Å². The van der Waals surface area contributed by atoms with Crippen molar-refractivity contribution in [1.29, 1.82) is 0 Å². The zero-order valence-corrected chi connectivity index (χ0v) is 14.0. The van der Waals surface area contributed by atoms with E-state index in [1.54, 1.807) is 0 Å². The van der Waals surface area contributed by atoms with Crippen LogP contribution in [0.25, 0.3) is 0 Å². The molecule has 1 aliphatic carbocycles. The number of rotatable bonds is 2. The summed E-state index contributed by atoms with van der Waals surface area (Å²) < 4.78 is 0. The average molecular weight is 322 g/mol. The van der Waals surface area contributed by atoms with E-state index in [1.165, 1.54) is 16.7 Å². The number of fused-ring (bicyclic) bond motifs is 1. The second-order valence-electron chi connectivity index (χ2n) is 5.86. The maximum atomic E-state index is 6.18. The summed E-state index contributed by atoms with van der Waals surface area (Å²) >= 11 is 6.18. The summed E-state index contributed by atoms with van der Waals surface area (Å²) in [4.78, 5) is 2.34. The van der Waals surface area contributed by atoms with E-state index >= 15 is 0 Å². The van der Waals surface area contributed by atoms with Crippen molar-refractivity contribution in [1.82, 2.24) is 4.90 Å². The molecule has 0 heterocycles. The van der Waals surface area contributed by atoms with Crippen LogP contribution in [0.3, 0.4) is 0 Å². The molecule has 0 aromatic heterocycles. The lowest BCUT2D eigenvalue weighted by atomic mass is 9.76. The first-order valence-electron chi connectivity index (χ1n) is 7.15. The van der Waals surface area contributed by atoms with Gasteiger partial charge in [-0.05, 0) is 55.8 Å². The van der Waals surface area contributed by atoms with E-state index in [4.69, 9.17) is 11.6 Å². The van der Waals surface area contributed by atoms with Gasteiger partial charge in [0.05, 0.1) is 0 Å². The normalized spacial score (nSPS) is 20.8. The Kier molecular flexibility index (Phi) is 5.32. The van der Waals surface area contributed by atoms with E-state index in [2.05, 4.69) is 61.5 Å². The molecule has 3 rings (SSSR count). The van der Waals surface area contributed by atoms with Crippen LogP contribution in [0.2, 0.25) is 5.02 Å². The van der Waals surface area contributed by atoms with Crippen molar-refractivity contribution in [2.24, 2.45) is 0 Å². The van der Waals surface area contributed by atoms with Crippen LogP contribution >= 0.6 is 24.0 Å². The van der Waals surface area contributed by atoms with Gasteiger partial charge in [-0.3, -0.25) is 0 Å². The quantitative estimate of drug-likeness (QED) is 0.770. The Morgan fingerprint density at radius 2 is 1.81 bits per heavy atom. The molecule has 0 saturated heterocycles. The molecule has 0 aliphatic heterocycles. The van der Waals surface area contributed by atoms with Crippen molar-refractivity contribution < 1.29 is 0 Å². The molecule has 0 radical (unpaired) electrons. The molecule has 1 nitrogen and oxygen atoms in total. The molecule has 112 valence electrons. The van der Waals surface area contributed by atoms with Gasteiger partial charge >= 0.3 is 0 Å². The van der Waals surface area contributed by atoms with Gasteiger partial charge in [0.15, 0.2) is 0 Å². The number of hydrogen-bond acceptors (Lipinski definition) is 1. The molecule has 2 aromatic rings. The topological polar surface area (TPSA) is 3.24 Å².